The molecule has 0 aliphatic carbocycles. The fourth-order valence-corrected chi connectivity index (χ4v) is 4.90. The molecule has 2 amide bonds. The Morgan fingerprint density at radius 3 is 1.41 bits per heavy atom. The van der Waals surface area contributed by atoms with E-state index < -0.39 is 52.8 Å². The summed E-state index contributed by atoms with van der Waals surface area (Å²) in [4.78, 5) is 51.3. The molecular formula is C35H64N2O9. The first kappa shape index (κ1) is 41.6. The summed E-state index contributed by atoms with van der Waals surface area (Å²) in [6.45, 7) is 17.2. The molecule has 2 N–H and O–H groups in total. The van der Waals surface area contributed by atoms with E-state index in [1.165, 1.54) is 32.1 Å². The smallest absolute Gasteiger partial charge is 0.329 e. The van der Waals surface area contributed by atoms with Crippen molar-refractivity contribution in [1.82, 2.24) is 10.6 Å². The van der Waals surface area contributed by atoms with Gasteiger partial charge in [-0.15, -0.1) is 0 Å². The lowest BCUT2D eigenvalue weighted by Gasteiger charge is -2.27. The number of urea groups is 1. The maximum absolute atomic E-state index is 13.1. The van der Waals surface area contributed by atoms with Gasteiger partial charge in [-0.2, -0.15) is 0 Å². The van der Waals surface area contributed by atoms with Crippen LogP contribution in [0.5, 0.6) is 0 Å². The molecule has 11 heteroatoms. The Balaban J connectivity index is 2.56. The highest BCUT2D eigenvalue weighted by Crippen LogP contribution is 2.18. The minimum absolute atomic E-state index is 0.00413. The summed E-state index contributed by atoms with van der Waals surface area (Å²) in [5, 5.41) is 5.31. The zero-order valence-electron chi connectivity index (χ0n) is 30.2. The van der Waals surface area contributed by atoms with Crippen LogP contribution in [0.25, 0.3) is 0 Å². The van der Waals surface area contributed by atoms with Crippen molar-refractivity contribution in [3.8, 4) is 0 Å². The Morgan fingerprint density at radius 2 is 0.978 bits per heavy atom. The Morgan fingerprint density at radius 1 is 0.587 bits per heavy atom. The van der Waals surface area contributed by atoms with Crippen molar-refractivity contribution >= 4 is 23.9 Å². The molecular weight excluding hydrogens is 592 g/mol. The summed E-state index contributed by atoms with van der Waals surface area (Å²) in [5.74, 6) is -1.69. The lowest BCUT2D eigenvalue weighted by molar-refractivity contribution is -0.159. The van der Waals surface area contributed by atoms with Crippen molar-refractivity contribution in [3.05, 3.63) is 0 Å². The first-order valence-corrected chi connectivity index (χ1v) is 17.3. The molecule has 0 saturated carbocycles. The zero-order chi connectivity index (χ0) is 34.8. The first-order valence-electron chi connectivity index (χ1n) is 17.3. The van der Waals surface area contributed by atoms with Crippen LogP contribution in [0.1, 0.15) is 152 Å². The molecule has 0 aromatic heterocycles. The highest BCUT2D eigenvalue weighted by molar-refractivity contribution is 5.87. The number of hydrogen-bond donors (Lipinski definition) is 2. The van der Waals surface area contributed by atoms with Gasteiger partial charge in [-0.25, -0.2) is 14.4 Å². The van der Waals surface area contributed by atoms with Gasteiger partial charge in [0.2, 0.25) is 0 Å². The summed E-state index contributed by atoms with van der Waals surface area (Å²) in [6, 6.07) is -2.70. The maximum Gasteiger partial charge on any atom is 0.329 e. The van der Waals surface area contributed by atoms with E-state index in [2.05, 4.69) is 10.6 Å². The van der Waals surface area contributed by atoms with Crippen LogP contribution in [0.3, 0.4) is 0 Å². The Kier molecular flexibility index (Phi) is 18.8. The molecule has 0 aromatic rings. The van der Waals surface area contributed by atoms with Crippen LogP contribution in [-0.2, 0) is 38.1 Å². The molecule has 0 unspecified atom stereocenters. The van der Waals surface area contributed by atoms with Gasteiger partial charge in [0.25, 0.3) is 0 Å². The second kappa shape index (κ2) is 20.8. The van der Waals surface area contributed by atoms with E-state index in [0.29, 0.717) is 19.6 Å². The monoisotopic (exact) mass is 656 g/mol. The van der Waals surface area contributed by atoms with Gasteiger partial charge in [0, 0.05) is 6.42 Å². The molecule has 268 valence electrons. The van der Waals surface area contributed by atoms with Gasteiger partial charge >= 0.3 is 23.9 Å². The number of nitrogens with one attached hydrogen (secondary N) is 2. The molecule has 1 rings (SSSR count). The topological polar surface area (TPSA) is 138 Å². The van der Waals surface area contributed by atoms with Crippen molar-refractivity contribution < 1.29 is 42.9 Å². The SMILES string of the molecule is CC(C)(C)OC(=O)CC[C@H](NC(=O)N[C@@H](CCCCCCCCCCCCC1OCCO1)C(=O)OC(C)(C)C)C(=O)OC(C)(C)C. The molecule has 1 heterocycles. The largest absolute Gasteiger partial charge is 0.460 e. The fraction of sp³-hybridized carbons (Fsp3) is 0.886. The summed E-state index contributed by atoms with van der Waals surface area (Å²) in [5.41, 5.74) is -2.19. The zero-order valence-corrected chi connectivity index (χ0v) is 30.2. The van der Waals surface area contributed by atoms with E-state index >= 15 is 0 Å². The van der Waals surface area contributed by atoms with Crippen LogP contribution in [0.15, 0.2) is 0 Å². The van der Waals surface area contributed by atoms with Crippen molar-refractivity contribution in [2.24, 2.45) is 0 Å². The lowest BCUT2D eigenvalue weighted by atomic mass is 10.0. The van der Waals surface area contributed by atoms with Gasteiger partial charge in [0.05, 0.1) is 13.2 Å². The highest BCUT2D eigenvalue weighted by Gasteiger charge is 2.31. The molecule has 0 spiro atoms. The number of hydrogen-bond acceptors (Lipinski definition) is 9. The van der Waals surface area contributed by atoms with E-state index in [9.17, 15) is 19.2 Å². The summed E-state index contributed by atoms with van der Waals surface area (Å²) < 4.78 is 27.4. The molecule has 0 aromatic carbocycles. The number of amides is 2. The predicted molar refractivity (Wildman–Crippen MR) is 177 cm³/mol. The average Bonchev–Trinajstić information content (AvgIpc) is 3.41. The van der Waals surface area contributed by atoms with Gasteiger partial charge in [-0.3, -0.25) is 4.79 Å². The molecule has 1 aliphatic rings. The predicted octanol–water partition coefficient (Wildman–Crippen LogP) is 6.88. The summed E-state index contributed by atoms with van der Waals surface area (Å²) >= 11 is 0. The van der Waals surface area contributed by atoms with E-state index in [1.54, 1.807) is 62.3 Å². The minimum atomic E-state index is -1.11. The van der Waals surface area contributed by atoms with Crippen molar-refractivity contribution in [3.63, 3.8) is 0 Å². The van der Waals surface area contributed by atoms with Crippen LogP contribution >= 0.6 is 0 Å². The molecule has 1 fully saturated rings. The molecule has 0 radical (unpaired) electrons. The van der Waals surface area contributed by atoms with Crippen molar-refractivity contribution in [2.45, 2.75) is 187 Å². The van der Waals surface area contributed by atoms with Gasteiger partial charge in [0.1, 0.15) is 28.9 Å². The second-order valence-corrected chi connectivity index (χ2v) is 15.2. The van der Waals surface area contributed by atoms with Crippen molar-refractivity contribution in [1.29, 1.82) is 0 Å². The van der Waals surface area contributed by atoms with Crippen molar-refractivity contribution in [2.75, 3.05) is 13.2 Å². The van der Waals surface area contributed by atoms with Crippen LogP contribution in [-0.4, -0.2) is 72.3 Å². The first-order chi connectivity index (χ1) is 21.3. The Bertz CT molecular complexity index is 912. The quantitative estimate of drug-likeness (QED) is 0.0815. The van der Waals surface area contributed by atoms with E-state index in [0.717, 1.165) is 38.5 Å². The number of unbranched alkanes of at least 4 members (excludes halogenated alkanes) is 9. The van der Waals surface area contributed by atoms with Gasteiger partial charge < -0.3 is 34.3 Å². The maximum atomic E-state index is 13.1. The highest BCUT2D eigenvalue weighted by atomic mass is 16.7. The number of carbonyl (C=O) groups is 4. The standard InChI is InChI=1S/C35H64N2O9/c1-33(2,3)44-28(38)23-22-27(31(40)46-35(7,8)9)37-32(41)36-26(30(39)45-34(4,5)6)20-18-16-14-12-10-11-13-15-17-19-21-29-42-24-25-43-29/h26-27,29H,10-25H2,1-9H3,(H2,36,37,41)/t26-,27-/m0/s1. The molecule has 0 bridgehead atoms. The van der Waals surface area contributed by atoms with Gasteiger partial charge in [0.15, 0.2) is 6.29 Å². The van der Waals surface area contributed by atoms with E-state index in [4.69, 9.17) is 23.7 Å². The van der Waals surface area contributed by atoms with Gasteiger partial charge in [-0.05, 0) is 88.0 Å². The molecule has 1 aliphatic heterocycles. The van der Waals surface area contributed by atoms with Gasteiger partial charge in [-0.1, -0.05) is 57.8 Å². The molecule has 11 nitrogen and oxygen atoms in total. The van der Waals surface area contributed by atoms with Crippen LogP contribution in [0.4, 0.5) is 4.79 Å². The Hall–Kier alpha value is -2.40. The lowest BCUT2D eigenvalue weighted by Crippen LogP contribution is -2.53. The summed E-state index contributed by atoms with van der Waals surface area (Å²) in [7, 11) is 0. The molecule has 46 heavy (non-hydrogen) atoms. The normalized spacial score (nSPS) is 15.6. The number of carbonyl (C=O) groups excluding carboxylic acids is 4. The average molecular weight is 657 g/mol. The number of esters is 3. The third-order valence-electron chi connectivity index (χ3n) is 6.92. The third-order valence-corrected chi connectivity index (χ3v) is 6.92. The minimum Gasteiger partial charge on any atom is -0.460 e. The number of ether oxygens (including phenoxy) is 5. The molecule has 1 saturated heterocycles. The van der Waals surface area contributed by atoms with Crippen LogP contribution in [0, 0.1) is 0 Å². The van der Waals surface area contributed by atoms with E-state index in [1.807, 2.05) is 0 Å². The fourth-order valence-electron chi connectivity index (χ4n) is 4.90. The summed E-state index contributed by atoms with van der Waals surface area (Å²) in [6.07, 6.45) is 12.3. The van der Waals surface area contributed by atoms with Crippen LogP contribution in [0.2, 0.25) is 0 Å². The number of rotatable bonds is 20. The van der Waals surface area contributed by atoms with Crippen LogP contribution < -0.4 is 10.6 Å². The Labute approximate surface area is 277 Å². The second-order valence-electron chi connectivity index (χ2n) is 15.2. The van der Waals surface area contributed by atoms with E-state index in [-0.39, 0.29) is 19.1 Å². The third kappa shape index (κ3) is 22.2. The molecule has 2 atom stereocenters.